The maximum atomic E-state index is 13.9. The summed E-state index contributed by atoms with van der Waals surface area (Å²) in [6, 6.07) is 9.33. The number of nitrogens with zero attached hydrogens (tertiary/aromatic N) is 3. The van der Waals surface area contributed by atoms with Crippen molar-refractivity contribution in [2.75, 3.05) is 13.7 Å². The first-order chi connectivity index (χ1) is 24.7. The molecule has 272 valence electrons. The summed E-state index contributed by atoms with van der Waals surface area (Å²) in [7, 11) is 1.36. The third-order valence-corrected chi connectivity index (χ3v) is 11.1. The maximum absolute atomic E-state index is 13.9. The van der Waals surface area contributed by atoms with E-state index in [1.165, 1.54) is 25.3 Å². The van der Waals surface area contributed by atoms with Crippen LogP contribution in [0, 0.1) is 27.9 Å². The Labute approximate surface area is 301 Å². The number of Topliss-reactive ketones (excluding diaryl/α,β-unsaturated/α-hetero) is 2. The standard InChI is InChI=1S/C38H45N3O9S/c1-3-24-21-28(36(43)34(25-11-5-4-6-12-25)40-50-38(45)27-15-9-10-16-27)17-19-32(24)51-33-20-18-29(22-31(33)41(46)47)35(42)30(23-48-2)39-49-37(44)26-13-7-8-14-26/h17-22,25-27H,3-16,23H2,1-2H3/b39-30+,40-34+. The number of nitro benzene ring substituents is 1. The largest absolute Gasteiger partial charge is 0.378 e. The highest BCUT2D eigenvalue weighted by atomic mass is 32.2. The molecule has 2 aromatic carbocycles. The van der Waals surface area contributed by atoms with Crippen molar-refractivity contribution in [3.8, 4) is 0 Å². The summed E-state index contributed by atoms with van der Waals surface area (Å²) in [5.74, 6) is -2.37. The monoisotopic (exact) mass is 719 g/mol. The van der Waals surface area contributed by atoms with Gasteiger partial charge in [-0.15, -0.1) is 0 Å². The van der Waals surface area contributed by atoms with Gasteiger partial charge < -0.3 is 14.4 Å². The highest BCUT2D eigenvalue weighted by Gasteiger charge is 2.30. The van der Waals surface area contributed by atoms with Gasteiger partial charge in [-0.2, -0.15) is 0 Å². The molecule has 0 amide bonds. The van der Waals surface area contributed by atoms with Crippen LogP contribution in [0.5, 0.6) is 0 Å². The lowest BCUT2D eigenvalue weighted by molar-refractivity contribution is -0.387. The molecule has 3 aliphatic carbocycles. The van der Waals surface area contributed by atoms with Crippen molar-refractivity contribution in [3.05, 3.63) is 63.2 Å². The predicted octanol–water partition coefficient (Wildman–Crippen LogP) is 8.08. The molecule has 0 radical (unpaired) electrons. The van der Waals surface area contributed by atoms with Crippen molar-refractivity contribution < 1.29 is 38.5 Å². The number of oxime groups is 2. The maximum Gasteiger partial charge on any atom is 0.338 e. The highest BCUT2D eigenvalue weighted by molar-refractivity contribution is 7.99. The minimum Gasteiger partial charge on any atom is -0.378 e. The number of rotatable bonds is 15. The Balaban J connectivity index is 1.35. The van der Waals surface area contributed by atoms with Crippen LogP contribution in [0.3, 0.4) is 0 Å². The van der Waals surface area contributed by atoms with Gasteiger partial charge in [-0.1, -0.05) is 73.9 Å². The van der Waals surface area contributed by atoms with Crippen molar-refractivity contribution >= 4 is 52.4 Å². The molecule has 13 heteroatoms. The average Bonchev–Trinajstić information content (AvgIpc) is 3.90. The summed E-state index contributed by atoms with van der Waals surface area (Å²) in [5.41, 5.74) is 0.999. The van der Waals surface area contributed by atoms with Crippen LogP contribution < -0.4 is 0 Å². The van der Waals surface area contributed by atoms with Gasteiger partial charge in [0.2, 0.25) is 11.6 Å². The minimum absolute atomic E-state index is 0.00131. The third-order valence-electron chi connectivity index (χ3n) is 9.97. The van der Waals surface area contributed by atoms with E-state index in [9.17, 15) is 29.3 Å². The lowest BCUT2D eigenvalue weighted by Gasteiger charge is -2.22. The van der Waals surface area contributed by atoms with E-state index >= 15 is 0 Å². The molecule has 0 heterocycles. The average molecular weight is 720 g/mol. The van der Waals surface area contributed by atoms with E-state index in [1.807, 2.05) is 6.92 Å². The molecule has 5 rings (SSSR count). The quantitative estimate of drug-likeness (QED) is 0.0578. The molecule has 0 N–H and O–H groups in total. The summed E-state index contributed by atoms with van der Waals surface area (Å²) in [4.78, 5) is 75.4. The summed E-state index contributed by atoms with van der Waals surface area (Å²) < 4.78 is 5.10. The van der Waals surface area contributed by atoms with Crippen molar-refractivity contribution in [1.82, 2.24) is 0 Å². The zero-order valence-electron chi connectivity index (χ0n) is 29.2. The van der Waals surface area contributed by atoms with E-state index in [2.05, 4.69) is 10.3 Å². The predicted molar refractivity (Wildman–Crippen MR) is 191 cm³/mol. The normalized spacial score (nSPS) is 17.8. The summed E-state index contributed by atoms with van der Waals surface area (Å²) >= 11 is 1.16. The molecule has 3 aliphatic rings. The molecule has 12 nitrogen and oxygen atoms in total. The summed E-state index contributed by atoms with van der Waals surface area (Å²) in [6.07, 6.45) is 12.0. The molecule has 0 bridgehead atoms. The zero-order chi connectivity index (χ0) is 36.3. The SMILES string of the molecule is CCc1cc(C(=O)/C(=N/OC(=O)C2CCCC2)C2CCCCC2)ccc1Sc1ccc(C(=O)/C(COC)=N/OC(=O)C2CCCC2)cc1[N+](=O)[O-]. The number of carbonyl (C=O) groups is 4. The number of nitro groups is 1. The van der Waals surface area contributed by atoms with Gasteiger partial charge in [-0.05, 0) is 80.8 Å². The smallest absolute Gasteiger partial charge is 0.338 e. The molecule has 0 atom stereocenters. The Hall–Kier alpha value is -4.23. The molecule has 3 fully saturated rings. The second-order valence-corrected chi connectivity index (χ2v) is 14.5. The van der Waals surface area contributed by atoms with Crippen molar-refractivity contribution in [2.24, 2.45) is 28.1 Å². The van der Waals surface area contributed by atoms with Gasteiger partial charge in [-0.25, -0.2) is 9.59 Å². The fraction of sp³-hybridized carbons (Fsp3) is 0.526. The number of hydrogen-bond acceptors (Lipinski definition) is 12. The van der Waals surface area contributed by atoms with Crippen molar-refractivity contribution in [3.63, 3.8) is 0 Å². The summed E-state index contributed by atoms with van der Waals surface area (Å²) in [5, 5.41) is 20.2. The summed E-state index contributed by atoms with van der Waals surface area (Å²) in [6.45, 7) is 1.68. The van der Waals surface area contributed by atoms with Crippen LogP contribution in [0.2, 0.25) is 0 Å². The first-order valence-corrected chi connectivity index (χ1v) is 18.8. The van der Waals surface area contributed by atoms with Gasteiger partial charge in [-0.3, -0.25) is 19.7 Å². The number of methoxy groups -OCH3 is 1. The van der Waals surface area contributed by atoms with Gasteiger partial charge in [0.25, 0.3) is 5.69 Å². The number of aryl methyl sites for hydroxylation is 1. The van der Waals surface area contributed by atoms with E-state index in [-0.39, 0.29) is 58.8 Å². The molecule has 2 aromatic rings. The Morgan fingerprint density at radius 1 is 0.745 bits per heavy atom. The lowest BCUT2D eigenvalue weighted by Crippen LogP contribution is -2.27. The Morgan fingerprint density at radius 2 is 1.27 bits per heavy atom. The van der Waals surface area contributed by atoms with Gasteiger partial charge >= 0.3 is 11.9 Å². The van der Waals surface area contributed by atoms with Crippen molar-refractivity contribution in [2.45, 2.75) is 107 Å². The second kappa shape index (κ2) is 18.3. The topological polar surface area (TPSA) is 164 Å². The van der Waals surface area contributed by atoms with Crippen LogP contribution in [-0.2, 0) is 30.4 Å². The number of carbonyl (C=O) groups excluding carboxylic acids is 4. The highest BCUT2D eigenvalue weighted by Crippen LogP contribution is 2.38. The van der Waals surface area contributed by atoms with E-state index in [0.29, 0.717) is 34.6 Å². The molecule has 0 unspecified atom stereocenters. The van der Waals surface area contributed by atoms with Crippen LogP contribution in [0.4, 0.5) is 5.69 Å². The number of benzene rings is 2. The van der Waals surface area contributed by atoms with E-state index in [1.54, 1.807) is 18.2 Å². The third kappa shape index (κ3) is 9.76. The van der Waals surface area contributed by atoms with E-state index in [0.717, 1.165) is 88.0 Å². The fourth-order valence-corrected chi connectivity index (χ4v) is 8.11. The molecule has 0 aliphatic heterocycles. The fourth-order valence-electron chi connectivity index (χ4n) is 7.03. The molecule has 0 aromatic heterocycles. The zero-order valence-corrected chi connectivity index (χ0v) is 30.0. The van der Waals surface area contributed by atoms with Crippen LogP contribution in [0.15, 0.2) is 56.5 Å². The van der Waals surface area contributed by atoms with Crippen LogP contribution in [-0.4, -0.2) is 53.6 Å². The number of hydrogen-bond donors (Lipinski definition) is 0. The van der Waals surface area contributed by atoms with Crippen LogP contribution >= 0.6 is 11.8 Å². The van der Waals surface area contributed by atoms with E-state index < -0.39 is 16.7 Å². The number of ether oxygens (including phenoxy) is 1. The first kappa shape index (κ1) is 38.0. The second-order valence-electron chi connectivity index (χ2n) is 13.4. The van der Waals surface area contributed by atoms with Gasteiger partial charge in [0.15, 0.2) is 5.71 Å². The van der Waals surface area contributed by atoms with Gasteiger partial charge in [0.05, 0.1) is 28.3 Å². The van der Waals surface area contributed by atoms with Gasteiger partial charge in [0.1, 0.15) is 5.71 Å². The Kier molecular flexibility index (Phi) is 13.7. The van der Waals surface area contributed by atoms with Crippen LogP contribution in [0.1, 0.15) is 117 Å². The van der Waals surface area contributed by atoms with E-state index in [4.69, 9.17) is 14.4 Å². The first-order valence-electron chi connectivity index (χ1n) is 17.9. The van der Waals surface area contributed by atoms with Gasteiger partial charge in [0, 0.05) is 35.1 Å². The molecule has 3 saturated carbocycles. The lowest BCUT2D eigenvalue weighted by atomic mass is 9.83. The molecule has 0 spiro atoms. The minimum atomic E-state index is -0.655. The number of ketones is 2. The molecular weight excluding hydrogens is 674 g/mol. The molecule has 0 saturated heterocycles. The Morgan fingerprint density at radius 3 is 1.84 bits per heavy atom. The van der Waals surface area contributed by atoms with Crippen LogP contribution in [0.25, 0.3) is 0 Å². The van der Waals surface area contributed by atoms with Crippen molar-refractivity contribution in [1.29, 1.82) is 0 Å². The molecule has 51 heavy (non-hydrogen) atoms. The Bertz CT molecular complexity index is 1690. The molecular formula is C38H45N3O9S.